The second kappa shape index (κ2) is 11.7. The molecule has 0 saturated carbocycles. The van der Waals surface area contributed by atoms with E-state index in [9.17, 15) is 4.79 Å². The van der Waals surface area contributed by atoms with E-state index in [1.165, 1.54) is 11.1 Å². The predicted molar refractivity (Wildman–Crippen MR) is 140 cm³/mol. The number of benzene rings is 3. The van der Waals surface area contributed by atoms with Crippen LogP contribution in [0.1, 0.15) is 33.4 Å². The second-order valence-electron chi connectivity index (χ2n) is 7.85. The van der Waals surface area contributed by atoms with Crippen molar-refractivity contribution in [2.24, 2.45) is 0 Å². The van der Waals surface area contributed by atoms with Crippen LogP contribution in [-0.4, -0.2) is 27.1 Å². The number of aryl methyl sites for hydroxylation is 2. The Labute approximate surface area is 201 Å². The van der Waals surface area contributed by atoms with Gasteiger partial charge in [-0.15, -0.1) is 0 Å². The summed E-state index contributed by atoms with van der Waals surface area (Å²) in [4.78, 5) is 12.5. The average Bonchev–Trinajstić information content (AvgIpc) is 2.86. The van der Waals surface area contributed by atoms with Gasteiger partial charge in [-0.1, -0.05) is 48.6 Å². The molecule has 3 aromatic carbocycles. The number of ether oxygens (including phenoxy) is 3. The van der Waals surface area contributed by atoms with Crippen LogP contribution < -0.4 is 14.2 Å². The van der Waals surface area contributed by atoms with Crippen LogP contribution in [0.25, 0.3) is 24.3 Å². The van der Waals surface area contributed by atoms with Crippen LogP contribution in [-0.2, 0) is 4.79 Å². The van der Waals surface area contributed by atoms with Crippen LogP contribution >= 0.6 is 0 Å². The third-order valence-corrected chi connectivity index (χ3v) is 5.56. The second-order valence-corrected chi connectivity index (χ2v) is 7.85. The van der Waals surface area contributed by atoms with E-state index in [1.807, 2.05) is 54.6 Å². The van der Waals surface area contributed by atoms with Gasteiger partial charge >= 0.3 is 0 Å². The highest BCUT2D eigenvalue weighted by atomic mass is 16.5. The van der Waals surface area contributed by atoms with E-state index in [2.05, 4.69) is 26.0 Å². The minimum atomic E-state index is -0.110. The molecule has 3 aromatic rings. The Bertz CT molecular complexity index is 1230. The van der Waals surface area contributed by atoms with Gasteiger partial charge in [0.2, 0.25) is 0 Å². The van der Waals surface area contributed by atoms with Gasteiger partial charge in [0, 0.05) is 11.6 Å². The van der Waals surface area contributed by atoms with E-state index in [4.69, 9.17) is 14.2 Å². The maximum Gasteiger partial charge on any atom is 0.178 e. The van der Waals surface area contributed by atoms with Gasteiger partial charge in [0.15, 0.2) is 5.78 Å². The molecule has 0 amide bonds. The number of hydrogen-bond acceptors (Lipinski definition) is 4. The Morgan fingerprint density at radius 2 is 1.32 bits per heavy atom. The van der Waals surface area contributed by atoms with Crippen LogP contribution in [0.4, 0.5) is 0 Å². The van der Waals surface area contributed by atoms with Crippen molar-refractivity contribution in [1.82, 2.24) is 0 Å². The Morgan fingerprint density at radius 1 is 0.647 bits per heavy atom. The van der Waals surface area contributed by atoms with E-state index in [1.54, 1.807) is 45.6 Å². The van der Waals surface area contributed by atoms with Crippen molar-refractivity contribution >= 4 is 30.1 Å². The largest absolute Gasteiger partial charge is 0.497 e. The normalized spacial score (nSPS) is 11.4. The third-order valence-electron chi connectivity index (χ3n) is 5.56. The van der Waals surface area contributed by atoms with Crippen LogP contribution in [0.5, 0.6) is 17.2 Å². The fraction of sp³-hybridized carbons (Fsp3) is 0.167. The SMILES string of the molecule is COc1ccc(/C=C/c2cc(OC)cc(OC)c2/C=C/C(=O)/C=C/c2ccc(C)c(C)c2)cc1. The van der Waals surface area contributed by atoms with Crippen molar-refractivity contribution in [2.75, 3.05) is 21.3 Å². The number of carbonyl (C=O) groups is 1. The van der Waals surface area contributed by atoms with Crippen molar-refractivity contribution in [3.05, 3.63) is 100 Å². The van der Waals surface area contributed by atoms with Crippen molar-refractivity contribution < 1.29 is 19.0 Å². The van der Waals surface area contributed by atoms with Gasteiger partial charge < -0.3 is 14.2 Å². The first-order valence-corrected chi connectivity index (χ1v) is 11.0. The van der Waals surface area contributed by atoms with E-state index in [0.29, 0.717) is 11.5 Å². The number of rotatable bonds is 9. The van der Waals surface area contributed by atoms with Crippen LogP contribution in [0.15, 0.2) is 66.7 Å². The molecule has 34 heavy (non-hydrogen) atoms. The summed E-state index contributed by atoms with van der Waals surface area (Å²) < 4.78 is 16.2. The molecule has 0 bridgehead atoms. The molecule has 0 radical (unpaired) electrons. The molecule has 4 heteroatoms. The van der Waals surface area contributed by atoms with E-state index >= 15 is 0 Å². The minimum absolute atomic E-state index is 0.110. The summed E-state index contributed by atoms with van der Waals surface area (Å²) in [5.74, 6) is 1.98. The zero-order valence-corrected chi connectivity index (χ0v) is 20.3. The van der Waals surface area contributed by atoms with Crippen molar-refractivity contribution in [1.29, 1.82) is 0 Å². The van der Waals surface area contributed by atoms with Crippen LogP contribution in [0.3, 0.4) is 0 Å². The molecule has 0 aliphatic rings. The molecule has 0 heterocycles. The monoisotopic (exact) mass is 454 g/mol. The first-order valence-electron chi connectivity index (χ1n) is 11.0. The average molecular weight is 455 g/mol. The highest BCUT2D eigenvalue weighted by Gasteiger charge is 2.09. The molecule has 0 aliphatic carbocycles. The Hall–Kier alpha value is -4.05. The van der Waals surface area contributed by atoms with Crippen molar-refractivity contribution in [2.45, 2.75) is 13.8 Å². The minimum Gasteiger partial charge on any atom is -0.497 e. The molecular formula is C30H30O4. The van der Waals surface area contributed by atoms with Crippen LogP contribution in [0, 0.1) is 13.8 Å². The van der Waals surface area contributed by atoms with Gasteiger partial charge in [-0.3, -0.25) is 4.79 Å². The van der Waals surface area contributed by atoms with E-state index in [0.717, 1.165) is 28.0 Å². The Balaban J connectivity index is 1.88. The number of hydrogen-bond donors (Lipinski definition) is 0. The maximum atomic E-state index is 12.5. The first kappa shape index (κ1) is 24.6. The summed E-state index contributed by atoms with van der Waals surface area (Å²) in [6.45, 7) is 4.13. The third kappa shape index (κ3) is 6.48. The van der Waals surface area contributed by atoms with Crippen molar-refractivity contribution in [3.8, 4) is 17.2 Å². The number of allylic oxidation sites excluding steroid dienone is 2. The topological polar surface area (TPSA) is 44.8 Å². The summed E-state index contributed by atoms with van der Waals surface area (Å²) in [6.07, 6.45) is 10.7. The summed E-state index contributed by atoms with van der Waals surface area (Å²) >= 11 is 0. The molecule has 0 fully saturated rings. The van der Waals surface area contributed by atoms with Crippen LogP contribution in [0.2, 0.25) is 0 Å². The molecule has 3 rings (SSSR count). The molecule has 0 spiro atoms. The quantitative estimate of drug-likeness (QED) is 0.264. The summed E-state index contributed by atoms with van der Waals surface area (Å²) in [6, 6.07) is 17.6. The van der Waals surface area contributed by atoms with E-state index < -0.39 is 0 Å². The van der Waals surface area contributed by atoms with Gasteiger partial charge in [0.25, 0.3) is 0 Å². The zero-order chi connectivity index (χ0) is 24.5. The number of carbonyl (C=O) groups excluding carboxylic acids is 1. The fourth-order valence-corrected chi connectivity index (χ4v) is 3.39. The summed E-state index contributed by atoms with van der Waals surface area (Å²) in [5.41, 5.74) is 6.10. The molecule has 0 N–H and O–H groups in total. The molecular weight excluding hydrogens is 424 g/mol. The summed E-state index contributed by atoms with van der Waals surface area (Å²) in [5, 5.41) is 0. The molecule has 0 aromatic heterocycles. The lowest BCUT2D eigenvalue weighted by molar-refractivity contribution is -0.110. The van der Waals surface area contributed by atoms with Gasteiger partial charge in [0.1, 0.15) is 17.2 Å². The first-order chi connectivity index (χ1) is 16.4. The molecule has 0 unspecified atom stereocenters. The lowest BCUT2D eigenvalue weighted by Gasteiger charge is -2.11. The van der Waals surface area contributed by atoms with Gasteiger partial charge in [-0.2, -0.15) is 0 Å². The van der Waals surface area contributed by atoms with E-state index in [-0.39, 0.29) is 5.78 Å². The van der Waals surface area contributed by atoms with Gasteiger partial charge in [0.05, 0.1) is 21.3 Å². The van der Waals surface area contributed by atoms with Crippen molar-refractivity contribution in [3.63, 3.8) is 0 Å². The number of ketones is 1. The molecule has 4 nitrogen and oxygen atoms in total. The standard InChI is InChI=1S/C30H30O4/c1-21-6-7-24(18-22(21)2)9-13-26(31)14-17-29-25(19-28(33-4)20-30(29)34-5)12-8-23-10-15-27(32-3)16-11-23/h6-20H,1-5H3/b12-8+,13-9+,17-14+. The summed E-state index contributed by atoms with van der Waals surface area (Å²) in [7, 11) is 4.86. The Kier molecular flexibility index (Phi) is 8.47. The fourth-order valence-electron chi connectivity index (χ4n) is 3.39. The highest BCUT2D eigenvalue weighted by Crippen LogP contribution is 2.31. The Morgan fingerprint density at radius 3 is 1.97 bits per heavy atom. The molecule has 0 saturated heterocycles. The van der Waals surface area contributed by atoms with Gasteiger partial charge in [-0.05, 0) is 78.1 Å². The molecule has 0 atom stereocenters. The molecule has 174 valence electrons. The van der Waals surface area contributed by atoms with Gasteiger partial charge in [-0.25, -0.2) is 0 Å². The number of methoxy groups -OCH3 is 3. The zero-order valence-electron chi connectivity index (χ0n) is 20.3. The lowest BCUT2D eigenvalue weighted by atomic mass is 10.0. The molecule has 0 aliphatic heterocycles. The predicted octanol–water partition coefficient (Wildman–Crippen LogP) is 6.80. The smallest absolute Gasteiger partial charge is 0.178 e. The maximum absolute atomic E-state index is 12.5. The lowest BCUT2D eigenvalue weighted by Crippen LogP contribution is -1.94. The highest BCUT2D eigenvalue weighted by molar-refractivity contribution is 6.05.